The van der Waals surface area contributed by atoms with Gasteiger partial charge in [-0.25, -0.2) is 4.68 Å². The molecule has 9 nitrogen and oxygen atoms in total. The number of nitrogens with zero attached hydrogens (tertiary/aromatic N) is 3. The van der Waals surface area contributed by atoms with E-state index in [1.807, 2.05) is 51.1 Å². The first kappa shape index (κ1) is 21.4. The van der Waals surface area contributed by atoms with Crippen LogP contribution in [-0.4, -0.2) is 39.8 Å². The summed E-state index contributed by atoms with van der Waals surface area (Å²) in [4.78, 5) is 28.6. The number of hydrogen-bond acceptors (Lipinski definition) is 6. The Hall–Kier alpha value is -3.88. The maximum atomic E-state index is 12.4. The second-order valence-corrected chi connectivity index (χ2v) is 7.52. The Morgan fingerprint density at radius 3 is 2.88 bits per heavy atom. The van der Waals surface area contributed by atoms with Gasteiger partial charge in [0.2, 0.25) is 11.9 Å². The molecule has 2 heterocycles. The van der Waals surface area contributed by atoms with Gasteiger partial charge in [0.15, 0.2) is 18.1 Å². The van der Waals surface area contributed by atoms with Crippen LogP contribution in [0.15, 0.2) is 42.7 Å². The lowest BCUT2D eigenvalue weighted by atomic mass is 10.0. The number of hydrogen-bond donors (Lipinski definition) is 2. The van der Waals surface area contributed by atoms with Gasteiger partial charge in [-0.15, -0.1) is 0 Å². The molecule has 4 rings (SSSR count). The average molecular weight is 435 g/mol. The lowest BCUT2D eigenvalue weighted by molar-refractivity contribution is -0.118. The number of carbonyl (C=O) groups excluding carboxylic acids is 2. The number of carbonyl (C=O) groups is 2. The normalized spacial score (nSPS) is 15.0. The first-order valence-corrected chi connectivity index (χ1v) is 10.4. The van der Waals surface area contributed by atoms with Crippen molar-refractivity contribution in [3.8, 4) is 11.5 Å². The minimum absolute atomic E-state index is 0.128. The van der Waals surface area contributed by atoms with Gasteiger partial charge in [-0.2, -0.15) is 10.1 Å². The fourth-order valence-electron chi connectivity index (χ4n) is 3.60. The highest BCUT2D eigenvalue weighted by molar-refractivity contribution is 5.93. The highest BCUT2D eigenvalue weighted by atomic mass is 16.5. The smallest absolute Gasteiger partial charge is 0.262 e. The van der Waals surface area contributed by atoms with Crippen molar-refractivity contribution in [1.29, 1.82) is 0 Å². The van der Waals surface area contributed by atoms with Gasteiger partial charge in [-0.1, -0.05) is 18.2 Å². The summed E-state index contributed by atoms with van der Waals surface area (Å²) in [6.45, 7) is 6.09. The van der Waals surface area contributed by atoms with E-state index in [1.54, 1.807) is 10.7 Å². The maximum Gasteiger partial charge on any atom is 0.262 e. The van der Waals surface area contributed by atoms with E-state index in [9.17, 15) is 9.59 Å². The van der Waals surface area contributed by atoms with Gasteiger partial charge in [-0.3, -0.25) is 14.9 Å². The maximum absolute atomic E-state index is 12.4. The predicted molar refractivity (Wildman–Crippen MR) is 119 cm³/mol. The number of fused-ring (bicyclic) bond motifs is 1. The summed E-state index contributed by atoms with van der Waals surface area (Å²) in [6.07, 6.45) is 1.64. The molecule has 0 radical (unpaired) electrons. The fraction of sp³-hybridized carbons (Fsp3) is 0.304. The Morgan fingerprint density at radius 1 is 1.22 bits per heavy atom. The molecule has 2 N–H and O–H groups in total. The molecule has 1 aromatic heterocycles. The van der Waals surface area contributed by atoms with Crippen LogP contribution in [0, 0.1) is 13.8 Å². The molecule has 0 spiro atoms. The monoisotopic (exact) mass is 435 g/mol. The van der Waals surface area contributed by atoms with Crippen molar-refractivity contribution < 1.29 is 19.1 Å². The molecule has 2 amide bonds. The first-order chi connectivity index (χ1) is 15.5. The zero-order valence-electron chi connectivity index (χ0n) is 18.2. The minimum Gasteiger partial charge on any atom is -0.490 e. The number of aromatic nitrogens is 3. The Morgan fingerprint density at radius 2 is 2.06 bits per heavy atom. The van der Waals surface area contributed by atoms with Gasteiger partial charge >= 0.3 is 0 Å². The standard InChI is InChI=1S/C23H25N5O4/c1-4-31-20-10-16(18-11-21(29)27-23-24-13-25-28(18)23)8-9-19(20)32-12-22(30)26-17-7-5-6-14(2)15(17)3/h5-10,13,18H,4,11-12H2,1-3H3,(H,26,30)(H,24,25,27,29)/t18-/m0/s1. The molecule has 1 aliphatic rings. The SMILES string of the molecule is CCOc1cc([C@@H]2CC(=O)Nc3ncnn32)ccc1OCC(=O)Nc1cccc(C)c1C. The van der Waals surface area contributed by atoms with Crippen molar-refractivity contribution in [2.75, 3.05) is 23.8 Å². The van der Waals surface area contributed by atoms with Crippen LogP contribution < -0.4 is 20.1 Å². The average Bonchev–Trinajstić information content (AvgIpc) is 3.24. The van der Waals surface area contributed by atoms with Gasteiger partial charge in [-0.05, 0) is 55.7 Å². The highest BCUT2D eigenvalue weighted by Gasteiger charge is 2.28. The van der Waals surface area contributed by atoms with Crippen LogP contribution in [0.2, 0.25) is 0 Å². The van der Waals surface area contributed by atoms with Crippen molar-refractivity contribution in [3.05, 3.63) is 59.4 Å². The summed E-state index contributed by atoms with van der Waals surface area (Å²) < 4.78 is 13.2. The molecular formula is C23H25N5O4. The van der Waals surface area contributed by atoms with E-state index in [0.29, 0.717) is 24.1 Å². The van der Waals surface area contributed by atoms with Crippen LogP contribution in [0.5, 0.6) is 11.5 Å². The number of anilines is 2. The van der Waals surface area contributed by atoms with Gasteiger partial charge in [0.25, 0.3) is 5.91 Å². The van der Waals surface area contributed by atoms with Crippen molar-refractivity contribution in [2.45, 2.75) is 33.2 Å². The van der Waals surface area contributed by atoms with Crippen molar-refractivity contribution in [1.82, 2.24) is 14.8 Å². The third-order valence-electron chi connectivity index (χ3n) is 5.39. The summed E-state index contributed by atoms with van der Waals surface area (Å²) in [5.74, 6) is 0.967. The molecule has 0 bridgehead atoms. The largest absolute Gasteiger partial charge is 0.490 e. The van der Waals surface area contributed by atoms with Crippen LogP contribution in [0.4, 0.5) is 11.6 Å². The molecule has 1 atom stereocenters. The minimum atomic E-state index is -0.304. The number of amides is 2. The third kappa shape index (κ3) is 4.41. The van der Waals surface area contributed by atoms with E-state index in [1.165, 1.54) is 6.33 Å². The van der Waals surface area contributed by atoms with E-state index in [-0.39, 0.29) is 30.9 Å². The summed E-state index contributed by atoms with van der Waals surface area (Å²) in [6, 6.07) is 10.9. The molecule has 32 heavy (non-hydrogen) atoms. The highest BCUT2D eigenvalue weighted by Crippen LogP contribution is 2.35. The molecule has 9 heteroatoms. The Kier molecular flexibility index (Phi) is 6.07. The van der Waals surface area contributed by atoms with Crippen LogP contribution in [0.25, 0.3) is 0 Å². The molecule has 3 aromatic rings. The van der Waals surface area contributed by atoms with E-state index in [4.69, 9.17) is 9.47 Å². The Balaban J connectivity index is 1.50. The van der Waals surface area contributed by atoms with Crippen molar-refractivity contribution in [3.63, 3.8) is 0 Å². The van der Waals surface area contributed by atoms with E-state index in [0.717, 1.165) is 22.4 Å². The molecule has 0 fully saturated rings. The quantitative estimate of drug-likeness (QED) is 0.590. The second-order valence-electron chi connectivity index (χ2n) is 7.52. The Labute approximate surface area is 185 Å². The van der Waals surface area contributed by atoms with Crippen LogP contribution in [-0.2, 0) is 9.59 Å². The summed E-state index contributed by atoms with van der Waals surface area (Å²) >= 11 is 0. The van der Waals surface area contributed by atoms with E-state index >= 15 is 0 Å². The third-order valence-corrected chi connectivity index (χ3v) is 5.39. The molecule has 2 aromatic carbocycles. The summed E-state index contributed by atoms with van der Waals surface area (Å²) in [7, 11) is 0. The molecule has 0 unspecified atom stereocenters. The summed E-state index contributed by atoms with van der Waals surface area (Å²) in [5.41, 5.74) is 3.72. The Bertz CT molecular complexity index is 1160. The number of ether oxygens (including phenoxy) is 2. The number of rotatable bonds is 7. The lowest BCUT2D eigenvalue weighted by Gasteiger charge is -2.24. The van der Waals surface area contributed by atoms with Gasteiger partial charge in [0, 0.05) is 5.69 Å². The van der Waals surface area contributed by atoms with Crippen LogP contribution in [0.3, 0.4) is 0 Å². The zero-order valence-corrected chi connectivity index (χ0v) is 18.2. The van der Waals surface area contributed by atoms with Gasteiger partial charge < -0.3 is 14.8 Å². The number of nitrogens with one attached hydrogen (secondary N) is 2. The molecular weight excluding hydrogens is 410 g/mol. The van der Waals surface area contributed by atoms with Crippen molar-refractivity contribution in [2.24, 2.45) is 0 Å². The second kappa shape index (κ2) is 9.09. The zero-order chi connectivity index (χ0) is 22.7. The van der Waals surface area contributed by atoms with Crippen LogP contribution in [0.1, 0.15) is 36.1 Å². The molecule has 166 valence electrons. The van der Waals surface area contributed by atoms with E-state index < -0.39 is 0 Å². The van der Waals surface area contributed by atoms with Crippen molar-refractivity contribution >= 4 is 23.5 Å². The molecule has 0 aliphatic carbocycles. The molecule has 1 aliphatic heterocycles. The fourth-order valence-corrected chi connectivity index (χ4v) is 3.60. The van der Waals surface area contributed by atoms with Crippen LogP contribution >= 0.6 is 0 Å². The summed E-state index contributed by atoms with van der Waals surface area (Å²) in [5, 5.41) is 9.81. The predicted octanol–water partition coefficient (Wildman–Crippen LogP) is 3.24. The van der Waals surface area contributed by atoms with Gasteiger partial charge in [0.1, 0.15) is 6.33 Å². The number of benzene rings is 2. The topological polar surface area (TPSA) is 107 Å². The molecule has 0 saturated carbocycles. The lowest BCUT2D eigenvalue weighted by Crippen LogP contribution is -2.29. The molecule has 0 saturated heterocycles. The van der Waals surface area contributed by atoms with Gasteiger partial charge in [0.05, 0.1) is 19.1 Å². The number of aryl methyl sites for hydroxylation is 1. The van der Waals surface area contributed by atoms with E-state index in [2.05, 4.69) is 20.7 Å². The first-order valence-electron chi connectivity index (χ1n) is 10.4.